The predicted octanol–water partition coefficient (Wildman–Crippen LogP) is 2.32. The second kappa shape index (κ2) is 6.15. The predicted molar refractivity (Wildman–Crippen MR) is 99.9 cm³/mol. The van der Waals surface area contributed by atoms with E-state index in [9.17, 15) is 9.18 Å². The maximum absolute atomic E-state index is 13.9. The number of hydrogen-bond donors (Lipinski definition) is 1. The number of hydrogen-bond acceptors (Lipinski definition) is 6. The molecule has 2 aliphatic heterocycles. The van der Waals surface area contributed by atoms with Crippen LogP contribution in [0, 0.1) is 5.82 Å². The molecule has 144 valence electrons. The van der Waals surface area contributed by atoms with E-state index < -0.39 is 11.9 Å². The van der Waals surface area contributed by atoms with E-state index in [4.69, 9.17) is 9.72 Å². The van der Waals surface area contributed by atoms with E-state index in [0.29, 0.717) is 29.3 Å². The van der Waals surface area contributed by atoms with Crippen LogP contribution in [0.4, 0.5) is 15.9 Å². The highest BCUT2D eigenvalue weighted by molar-refractivity contribution is 5.94. The van der Waals surface area contributed by atoms with Crippen LogP contribution < -0.4 is 15.0 Å². The van der Waals surface area contributed by atoms with Gasteiger partial charge in [0.1, 0.15) is 23.4 Å². The molecule has 3 aromatic rings. The van der Waals surface area contributed by atoms with Crippen molar-refractivity contribution >= 4 is 23.1 Å². The Hall–Kier alpha value is -3.23. The number of amides is 1. The first-order chi connectivity index (χ1) is 13.5. The van der Waals surface area contributed by atoms with Gasteiger partial charge in [-0.3, -0.25) is 4.79 Å². The largest absolute Gasteiger partial charge is 0.474 e. The van der Waals surface area contributed by atoms with Gasteiger partial charge in [-0.05, 0) is 26.3 Å². The van der Waals surface area contributed by atoms with Crippen molar-refractivity contribution in [3.63, 3.8) is 0 Å². The molecular weight excluding hydrogens is 363 g/mol. The molecule has 3 aromatic heterocycles. The van der Waals surface area contributed by atoms with Crippen LogP contribution in [-0.4, -0.2) is 37.6 Å². The van der Waals surface area contributed by atoms with E-state index in [-0.39, 0.29) is 18.4 Å². The van der Waals surface area contributed by atoms with Gasteiger partial charge in [-0.1, -0.05) is 0 Å². The van der Waals surface area contributed by atoms with E-state index in [0.717, 1.165) is 24.0 Å². The lowest BCUT2D eigenvalue weighted by atomic mass is 10.2. The van der Waals surface area contributed by atoms with Crippen LogP contribution in [0.25, 0.3) is 5.65 Å². The van der Waals surface area contributed by atoms with Crippen molar-refractivity contribution in [2.75, 3.05) is 10.2 Å². The highest BCUT2D eigenvalue weighted by Gasteiger charge is 2.31. The Kier molecular flexibility index (Phi) is 3.71. The third kappa shape index (κ3) is 2.74. The lowest BCUT2D eigenvalue weighted by Crippen LogP contribution is -2.30. The fourth-order valence-corrected chi connectivity index (χ4v) is 3.85. The van der Waals surface area contributed by atoms with Crippen molar-refractivity contribution < 1.29 is 13.9 Å². The van der Waals surface area contributed by atoms with Gasteiger partial charge in [-0.2, -0.15) is 5.10 Å². The number of rotatable bonds is 0. The maximum Gasteiger partial charge on any atom is 0.228 e. The fraction of sp³-hybridized carbons (Fsp3) is 0.368. The normalized spacial score (nSPS) is 21.5. The van der Waals surface area contributed by atoms with Gasteiger partial charge in [0.15, 0.2) is 5.65 Å². The second-order valence-electron chi connectivity index (χ2n) is 7.40. The number of halogens is 1. The average molecular weight is 382 g/mol. The number of carbonyl (C=O) groups excluding carboxylic acids is 1. The van der Waals surface area contributed by atoms with Gasteiger partial charge in [0, 0.05) is 23.4 Å². The molecule has 8 nitrogen and oxygen atoms in total. The van der Waals surface area contributed by atoms with Crippen LogP contribution in [0.15, 0.2) is 24.7 Å². The molecule has 0 radical (unpaired) electrons. The number of nitrogens with zero attached hydrogens (tertiary/aromatic N) is 5. The lowest BCUT2D eigenvalue weighted by molar-refractivity contribution is -0.117. The van der Waals surface area contributed by atoms with E-state index in [1.807, 2.05) is 6.20 Å². The Labute approximate surface area is 160 Å². The zero-order valence-electron chi connectivity index (χ0n) is 15.5. The minimum atomic E-state index is -0.425. The van der Waals surface area contributed by atoms with Gasteiger partial charge in [0.2, 0.25) is 11.8 Å². The van der Waals surface area contributed by atoms with Crippen LogP contribution in [0.5, 0.6) is 5.88 Å². The topological polar surface area (TPSA) is 84.7 Å². The third-order valence-electron chi connectivity index (χ3n) is 5.16. The summed E-state index contributed by atoms with van der Waals surface area (Å²) in [6, 6.07) is 1.61. The number of nitrogens with one attached hydrogen (secondary N) is 1. The van der Waals surface area contributed by atoms with Gasteiger partial charge in [-0.25, -0.2) is 18.9 Å². The monoisotopic (exact) mass is 382 g/mol. The molecule has 2 atom stereocenters. The van der Waals surface area contributed by atoms with Crippen molar-refractivity contribution in [1.82, 2.24) is 19.6 Å². The van der Waals surface area contributed by atoms with E-state index in [1.165, 1.54) is 6.07 Å². The van der Waals surface area contributed by atoms with Crippen molar-refractivity contribution in [1.29, 1.82) is 0 Å². The lowest BCUT2D eigenvalue weighted by Gasteiger charge is -2.25. The Morgan fingerprint density at radius 2 is 2.11 bits per heavy atom. The summed E-state index contributed by atoms with van der Waals surface area (Å²) in [4.78, 5) is 23.5. The highest BCUT2D eigenvalue weighted by Crippen LogP contribution is 2.35. The molecule has 5 heterocycles. The van der Waals surface area contributed by atoms with Crippen LogP contribution in [0.1, 0.15) is 31.4 Å². The number of aromatic nitrogens is 4. The number of fused-ring (bicyclic) bond motifs is 1. The van der Waals surface area contributed by atoms with Crippen LogP contribution >= 0.6 is 0 Å². The van der Waals surface area contributed by atoms with Gasteiger partial charge in [-0.15, -0.1) is 0 Å². The molecule has 0 unspecified atom stereocenters. The molecule has 0 spiro atoms. The first-order valence-corrected chi connectivity index (χ1v) is 9.23. The summed E-state index contributed by atoms with van der Waals surface area (Å²) in [6.07, 6.45) is 5.17. The fourth-order valence-electron chi connectivity index (χ4n) is 3.85. The molecule has 9 heteroatoms. The highest BCUT2D eigenvalue weighted by atomic mass is 19.1. The number of anilines is 2. The first-order valence-electron chi connectivity index (χ1n) is 9.23. The standard InChI is InChI=1S/C19H19FN6O2/c1-10-3-12-9-26-18-15(7-22-26)23-16(27)4-11(2)28-19-13(5-14(20)6-21-19)8-25(10)17(12)24-18/h5-7,9-11H,3-4,8H2,1-2H3,(H,23,27)/t10-,11+/m1/s1. The van der Waals surface area contributed by atoms with E-state index in [2.05, 4.69) is 27.2 Å². The number of pyridine rings is 1. The molecule has 0 fully saturated rings. The molecule has 5 rings (SSSR count). The van der Waals surface area contributed by atoms with Crippen LogP contribution in [0.3, 0.4) is 0 Å². The SMILES string of the molecule is C[C@@H]1Cc2cn3ncc4c3nc2N1Cc1cc(F)cnc1O[C@@H](C)CC(=O)N4. The summed E-state index contributed by atoms with van der Waals surface area (Å²) in [6.45, 7) is 4.30. The van der Waals surface area contributed by atoms with Crippen molar-refractivity contribution in [3.05, 3.63) is 41.6 Å². The van der Waals surface area contributed by atoms with Gasteiger partial charge < -0.3 is 15.0 Å². The van der Waals surface area contributed by atoms with Crippen molar-refractivity contribution in [3.8, 4) is 5.88 Å². The number of carbonyl (C=O) groups is 1. The second-order valence-corrected chi connectivity index (χ2v) is 7.40. The summed E-state index contributed by atoms with van der Waals surface area (Å²) in [5.74, 6) is 0.507. The summed E-state index contributed by atoms with van der Waals surface area (Å²) in [7, 11) is 0. The Morgan fingerprint density at radius 1 is 1.25 bits per heavy atom. The molecule has 0 saturated carbocycles. The molecule has 0 aromatic carbocycles. The summed E-state index contributed by atoms with van der Waals surface area (Å²) >= 11 is 0. The van der Waals surface area contributed by atoms with Crippen LogP contribution in [0.2, 0.25) is 0 Å². The van der Waals surface area contributed by atoms with Gasteiger partial charge >= 0.3 is 0 Å². The van der Waals surface area contributed by atoms with Crippen molar-refractivity contribution in [2.24, 2.45) is 0 Å². The van der Waals surface area contributed by atoms with Gasteiger partial charge in [0.25, 0.3) is 0 Å². The first kappa shape index (κ1) is 16.9. The molecule has 1 N–H and O–H groups in total. The minimum absolute atomic E-state index is 0.126. The quantitative estimate of drug-likeness (QED) is 0.642. The van der Waals surface area contributed by atoms with Crippen LogP contribution in [-0.2, 0) is 17.8 Å². The minimum Gasteiger partial charge on any atom is -0.474 e. The zero-order valence-corrected chi connectivity index (χ0v) is 15.5. The smallest absolute Gasteiger partial charge is 0.228 e. The van der Waals surface area contributed by atoms with E-state index in [1.54, 1.807) is 17.6 Å². The Balaban J connectivity index is 1.68. The van der Waals surface area contributed by atoms with Crippen molar-refractivity contribution in [2.45, 2.75) is 45.4 Å². The molecule has 1 amide bonds. The summed E-state index contributed by atoms with van der Waals surface area (Å²) in [5, 5.41) is 7.18. The maximum atomic E-state index is 13.9. The average Bonchev–Trinajstić information content (AvgIpc) is 3.15. The molecule has 0 aliphatic carbocycles. The summed E-state index contributed by atoms with van der Waals surface area (Å²) in [5.41, 5.74) is 2.81. The molecule has 2 aliphatic rings. The molecule has 0 saturated heterocycles. The Bertz CT molecular complexity index is 1100. The van der Waals surface area contributed by atoms with Gasteiger partial charge in [0.05, 0.1) is 25.4 Å². The molecular formula is C19H19FN6O2. The third-order valence-corrected chi connectivity index (χ3v) is 5.16. The van der Waals surface area contributed by atoms with E-state index >= 15 is 0 Å². The number of ether oxygens (including phenoxy) is 1. The zero-order chi connectivity index (χ0) is 19.4. The molecule has 28 heavy (non-hydrogen) atoms. The summed E-state index contributed by atoms with van der Waals surface area (Å²) < 4.78 is 21.5. The molecule has 2 bridgehead atoms. The Morgan fingerprint density at radius 3 is 2.96 bits per heavy atom.